The zero-order chi connectivity index (χ0) is 13.5. The average Bonchev–Trinajstić information content (AvgIpc) is 2.35. The maximum atomic E-state index is 12.0. The van der Waals surface area contributed by atoms with Crippen molar-refractivity contribution in [2.45, 2.75) is 38.6 Å². The van der Waals surface area contributed by atoms with Crippen LogP contribution in [0.1, 0.15) is 38.2 Å². The lowest BCUT2D eigenvalue weighted by Crippen LogP contribution is -2.35. The summed E-state index contributed by atoms with van der Waals surface area (Å²) in [5, 5.41) is 11.7. The van der Waals surface area contributed by atoms with Gasteiger partial charge in [0.25, 0.3) is 0 Å². The number of aliphatic hydroxyl groups excluding tert-OH is 1. The number of anilines is 1. The van der Waals surface area contributed by atoms with Crippen LogP contribution >= 0.6 is 0 Å². The molecule has 4 N–H and O–H groups in total. The minimum absolute atomic E-state index is 0.00830. The fourth-order valence-electron chi connectivity index (χ4n) is 1.82. The molecule has 2 atom stereocenters. The molecule has 0 aliphatic heterocycles. The molecule has 4 heteroatoms. The van der Waals surface area contributed by atoms with Gasteiger partial charge in [-0.05, 0) is 44.4 Å². The van der Waals surface area contributed by atoms with Crippen molar-refractivity contribution in [1.29, 1.82) is 0 Å². The van der Waals surface area contributed by atoms with Crippen molar-refractivity contribution >= 4 is 11.6 Å². The number of nitrogens with one attached hydrogen (secondary N) is 1. The molecule has 0 saturated heterocycles. The molecule has 1 amide bonds. The molecule has 18 heavy (non-hydrogen) atoms. The van der Waals surface area contributed by atoms with E-state index in [2.05, 4.69) is 5.32 Å². The smallest absolute Gasteiger partial charge is 0.227 e. The highest BCUT2D eigenvalue weighted by Crippen LogP contribution is 2.18. The Hall–Kier alpha value is -1.55. The van der Waals surface area contributed by atoms with E-state index < -0.39 is 0 Å². The standard InChI is InChI=1S/C14H22N2O2/c1-10(5-4-8-17)16-14(18)11(2)12-6-3-7-13(15)9-12/h3,6-7,9-11,17H,4-5,8,15H2,1-2H3,(H,16,18). The van der Waals surface area contributed by atoms with Gasteiger partial charge < -0.3 is 16.2 Å². The van der Waals surface area contributed by atoms with Crippen LogP contribution in [-0.4, -0.2) is 23.7 Å². The first-order valence-corrected chi connectivity index (χ1v) is 6.31. The van der Waals surface area contributed by atoms with E-state index in [1.54, 1.807) is 6.07 Å². The summed E-state index contributed by atoms with van der Waals surface area (Å²) in [4.78, 5) is 12.0. The Morgan fingerprint density at radius 2 is 2.17 bits per heavy atom. The van der Waals surface area contributed by atoms with Crippen molar-refractivity contribution in [3.05, 3.63) is 29.8 Å². The molecule has 0 bridgehead atoms. The van der Waals surface area contributed by atoms with Gasteiger partial charge in [0.05, 0.1) is 5.92 Å². The zero-order valence-electron chi connectivity index (χ0n) is 11.0. The van der Waals surface area contributed by atoms with E-state index in [1.165, 1.54) is 0 Å². The van der Waals surface area contributed by atoms with Gasteiger partial charge in [-0.25, -0.2) is 0 Å². The van der Waals surface area contributed by atoms with Crippen LogP contribution in [0, 0.1) is 0 Å². The molecule has 4 nitrogen and oxygen atoms in total. The first-order chi connectivity index (χ1) is 8.54. The summed E-state index contributed by atoms with van der Waals surface area (Å²) in [6.07, 6.45) is 1.49. The van der Waals surface area contributed by atoms with Crippen LogP contribution in [0.3, 0.4) is 0 Å². The van der Waals surface area contributed by atoms with Crippen LogP contribution in [0.15, 0.2) is 24.3 Å². The van der Waals surface area contributed by atoms with Crippen LogP contribution in [0.25, 0.3) is 0 Å². The van der Waals surface area contributed by atoms with Gasteiger partial charge in [-0.15, -0.1) is 0 Å². The molecular formula is C14H22N2O2. The number of amides is 1. The van der Waals surface area contributed by atoms with E-state index in [4.69, 9.17) is 10.8 Å². The van der Waals surface area contributed by atoms with E-state index in [0.717, 1.165) is 12.0 Å². The topological polar surface area (TPSA) is 75.3 Å². The summed E-state index contributed by atoms with van der Waals surface area (Å²) in [6, 6.07) is 7.46. The van der Waals surface area contributed by atoms with Crippen molar-refractivity contribution in [2.75, 3.05) is 12.3 Å². The number of nitrogen functional groups attached to an aromatic ring is 1. The van der Waals surface area contributed by atoms with Gasteiger partial charge in [-0.3, -0.25) is 4.79 Å². The normalized spacial score (nSPS) is 13.9. The number of benzene rings is 1. The Bertz CT molecular complexity index is 393. The van der Waals surface area contributed by atoms with Crippen LogP contribution in [-0.2, 0) is 4.79 Å². The molecule has 1 aromatic carbocycles. The minimum Gasteiger partial charge on any atom is -0.399 e. The quantitative estimate of drug-likeness (QED) is 0.672. The van der Waals surface area contributed by atoms with E-state index in [9.17, 15) is 4.79 Å². The SMILES string of the molecule is CC(CCCO)NC(=O)C(C)c1cccc(N)c1. The van der Waals surface area contributed by atoms with Crippen LogP contribution < -0.4 is 11.1 Å². The number of carbonyl (C=O) groups excluding carboxylic acids is 1. The summed E-state index contributed by atoms with van der Waals surface area (Å²) in [6.45, 7) is 3.97. The maximum Gasteiger partial charge on any atom is 0.227 e. The number of aliphatic hydroxyl groups is 1. The Morgan fingerprint density at radius 3 is 2.78 bits per heavy atom. The largest absolute Gasteiger partial charge is 0.399 e. The summed E-state index contributed by atoms with van der Waals surface area (Å²) >= 11 is 0. The summed E-state index contributed by atoms with van der Waals surface area (Å²) in [5.41, 5.74) is 7.29. The van der Waals surface area contributed by atoms with Gasteiger partial charge in [-0.1, -0.05) is 12.1 Å². The van der Waals surface area contributed by atoms with E-state index in [1.807, 2.05) is 32.0 Å². The molecule has 2 unspecified atom stereocenters. The van der Waals surface area contributed by atoms with Gasteiger partial charge in [0.2, 0.25) is 5.91 Å². The van der Waals surface area contributed by atoms with Gasteiger partial charge in [0.15, 0.2) is 0 Å². The first kappa shape index (κ1) is 14.5. The van der Waals surface area contributed by atoms with Crippen molar-refractivity contribution < 1.29 is 9.90 Å². The van der Waals surface area contributed by atoms with Crippen molar-refractivity contribution in [3.63, 3.8) is 0 Å². The lowest BCUT2D eigenvalue weighted by Gasteiger charge is -2.17. The Morgan fingerprint density at radius 1 is 1.44 bits per heavy atom. The third kappa shape index (κ3) is 4.37. The van der Waals surface area contributed by atoms with E-state index in [-0.39, 0.29) is 24.5 Å². The van der Waals surface area contributed by atoms with Crippen LogP contribution in [0.2, 0.25) is 0 Å². The maximum absolute atomic E-state index is 12.0. The molecule has 0 spiro atoms. The van der Waals surface area contributed by atoms with Crippen molar-refractivity contribution in [2.24, 2.45) is 0 Å². The number of hydrogen-bond acceptors (Lipinski definition) is 3. The Labute approximate surface area is 108 Å². The van der Waals surface area contributed by atoms with Gasteiger partial charge in [0, 0.05) is 18.3 Å². The zero-order valence-corrected chi connectivity index (χ0v) is 11.0. The number of rotatable bonds is 6. The molecule has 1 aromatic rings. The molecule has 0 heterocycles. The fourth-order valence-corrected chi connectivity index (χ4v) is 1.82. The highest BCUT2D eigenvalue weighted by atomic mass is 16.2. The number of carbonyl (C=O) groups is 1. The van der Waals surface area contributed by atoms with Crippen LogP contribution in [0.4, 0.5) is 5.69 Å². The predicted molar refractivity (Wildman–Crippen MR) is 73.2 cm³/mol. The Kier molecular flexibility index (Phi) is 5.65. The van der Waals surface area contributed by atoms with Crippen LogP contribution in [0.5, 0.6) is 0 Å². The van der Waals surface area contributed by atoms with Gasteiger partial charge >= 0.3 is 0 Å². The molecule has 1 rings (SSSR count). The van der Waals surface area contributed by atoms with Gasteiger partial charge in [0.1, 0.15) is 0 Å². The minimum atomic E-state index is -0.218. The van der Waals surface area contributed by atoms with E-state index >= 15 is 0 Å². The third-order valence-electron chi connectivity index (χ3n) is 2.99. The second kappa shape index (κ2) is 7.01. The molecule has 0 aliphatic carbocycles. The third-order valence-corrected chi connectivity index (χ3v) is 2.99. The molecule has 0 saturated carbocycles. The molecule has 0 aliphatic rings. The van der Waals surface area contributed by atoms with Crippen molar-refractivity contribution in [3.8, 4) is 0 Å². The average molecular weight is 250 g/mol. The van der Waals surface area contributed by atoms with Gasteiger partial charge in [-0.2, -0.15) is 0 Å². The highest BCUT2D eigenvalue weighted by molar-refractivity contribution is 5.83. The summed E-state index contributed by atoms with van der Waals surface area (Å²) < 4.78 is 0. The summed E-state index contributed by atoms with van der Waals surface area (Å²) in [7, 11) is 0. The number of hydrogen-bond donors (Lipinski definition) is 3. The second-order valence-corrected chi connectivity index (χ2v) is 4.67. The Balaban J connectivity index is 2.56. The second-order valence-electron chi connectivity index (χ2n) is 4.67. The van der Waals surface area contributed by atoms with E-state index in [0.29, 0.717) is 12.1 Å². The predicted octanol–water partition coefficient (Wildman–Crippen LogP) is 1.65. The molecule has 0 aromatic heterocycles. The lowest BCUT2D eigenvalue weighted by molar-refractivity contribution is -0.122. The molecular weight excluding hydrogens is 228 g/mol. The van der Waals surface area contributed by atoms with Crippen molar-refractivity contribution in [1.82, 2.24) is 5.32 Å². The highest BCUT2D eigenvalue weighted by Gasteiger charge is 2.16. The molecule has 0 fully saturated rings. The first-order valence-electron chi connectivity index (χ1n) is 6.31. The number of nitrogens with two attached hydrogens (primary N) is 1. The lowest BCUT2D eigenvalue weighted by atomic mass is 9.99. The summed E-state index contributed by atoms with van der Waals surface area (Å²) in [5.74, 6) is -0.226. The molecule has 100 valence electrons. The molecule has 0 radical (unpaired) electrons. The fraction of sp³-hybridized carbons (Fsp3) is 0.500. The monoisotopic (exact) mass is 250 g/mol.